The van der Waals surface area contributed by atoms with Gasteiger partial charge in [0.15, 0.2) is 11.6 Å². The number of hydrogen-bond acceptors (Lipinski definition) is 1. The molecule has 0 saturated carbocycles. The van der Waals surface area contributed by atoms with Crippen LogP contribution in [0.15, 0.2) is 36.4 Å². The van der Waals surface area contributed by atoms with Crippen LogP contribution in [-0.2, 0) is 0 Å². The normalized spacial score (nSPS) is 10.4. The van der Waals surface area contributed by atoms with Crippen LogP contribution in [-0.4, -0.2) is 11.1 Å². The van der Waals surface area contributed by atoms with Gasteiger partial charge >= 0.3 is 5.97 Å². The quantitative estimate of drug-likeness (QED) is 0.888. The van der Waals surface area contributed by atoms with Gasteiger partial charge in [-0.15, -0.1) is 0 Å². The molecular weight excluding hydrogens is 245 g/mol. The van der Waals surface area contributed by atoms with Crippen molar-refractivity contribution in [3.05, 3.63) is 59.4 Å². The van der Waals surface area contributed by atoms with Gasteiger partial charge in [-0.3, -0.25) is 0 Å². The number of hydrogen-bond donors (Lipinski definition) is 1. The zero-order valence-electron chi connectivity index (χ0n) is 8.95. The topological polar surface area (TPSA) is 37.3 Å². The molecule has 2 nitrogen and oxygen atoms in total. The lowest BCUT2D eigenvalue weighted by Gasteiger charge is -2.07. The van der Waals surface area contributed by atoms with E-state index in [4.69, 9.17) is 5.11 Å². The van der Waals surface area contributed by atoms with E-state index in [1.165, 1.54) is 18.2 Å². The number of benzene rings is 2. The maximum absolute atomic E-state index is 13.1. The van der Waals surface area contributed by atoms with Crippen molar-refractivity contribution in [3.63, 3.8) is 0 Å². The van der Waals surface area contributed by atoms with Crippen LogP contribution in [0.1, 0.15) is 10.4 Å². The van der Waals surface area contributed by atoms with Crippen LogP contribution in [0.5, 0.6) is 0 Å². The second kappa shape index (κ2) is 4.52. The molecule has 92 valence electrons. The number of rotatable bonds is 2. The molecule has 0 fully saturated rings. The number of aromatic carboxylic acids is 1. The lowest BCUT2D eigenvalue weighted by Crippen LogP contribution is -2.02. The Morgan fingerprint density at radius 2 is 1.67 bits per heavy atom. The first-order chi connectivity index (χ1) is 8.49. The Kier molecular flexibility index (Phi) is 3.06. The summed E-state index contributed by atoms with van der Waals surface area (Å²) in [6.07, 6.45) is 0. The highest BCUT2D eigenvalue weighted by atomic mass is 19.2. The van der Waals surface area contributed by atoms with Gasteiger partial charge in [0.1, 0.15) is 5.82 Å². The van der Waals surface area contributed by atoms with Crippen LogP contribution in [0.3, 0.4) is 0 Å². The van der Waals surface area contributed by atoms with E-state index in [-0.39, 0.29) is 11.1 Å². The Morgan fingerprint density at radius 3 is 2.28 bits per heavy atom. The molecule has 2 aromatic rings. The Hall–Kier alpha value is -2.30. The number of carbonyl (C=O) groups is 1. The van der Waals surface area contributed by atoms with Crippen LogP contribution in [0.25, 0.3) is 11.1 Å². The molecule has 0 atom stereocenters. The lowest BCUT2D eigenvalue weighted by molar-refractivity contribution is 0.0697. The van der Waals surface area contributed by atoms with Crippen LogP contribution < -0.4 is 0 Å². The molecule has 0 unspecified atom stereocenters. The molecule has 0 aliphatic heterocycles. The number of halogens is 3. The zero-order chi connectivity index (χ0) is 13.3. The Bertz CT molecular complexity index is 624. The van der Waals surface area contributed by atoms with Crippen LogP contribution in [0.2, 0.25) is 0 Å². The van der Waals surface area contributed by atoms with E-state index >= 15 is 0 Å². The average molecular weight is 252 g/mol. The summed E-state index contributed by atoms with van der Waals surface area (Å²) in [5.74, 6) is -4.44. The van der Waals surface area contributed by atoms with E-state index in [2.05, 4.69) is 0 Å². The summed E-state index contributed by atoms with van der Waals surface area (Å²) in [5, 5.41) is 8.93. The average Bonchev–Trinajstić information content (AvgIpc) is 2.31. The van der Waals surface area contributed by atoms with Crippen molar-refractivity contribution in [2.75, 3.05) is 0 Å². The minimum absolute atomic E-state index is 0.0686. The molecule has 0 amide bonds. The second-order valence-electron chi connectivity index (χ2n) is 3.63. The van der Waals surface area contributed by atoms with Crippen LogP contribution >= 0.6 is 0 Å². The van der Waals surface area contributed by atoms with Gasteiger partial charge in [0.25, 0.3) is 0 Å². The lowest BCUT2D eigenvalue weighted by atomic mass is 9.99. The van der Waals surface area contributed by atoms with E-state index in [9.17, 15) is 18.0 Å². The second-order valence-corrected chi connectivity index (χ2v) is 3.63. The molecule has 0 radical (unpaired) electrons. The van der Waals surface area contributed by atoms with E-state index in [1.54, 1.807) is 0 Å². The summed E-state index contributed by atoms with van der Waals surface area (Å²) in [4.78, 5) is 11.0. The molecule has 0 aliphatic carbocycles. The first-order valence-electron chi connectivity index (χ1n) is 4.97. The van der Waals surface area contributed by atoms with Crippen molar-refractivity contribution >= 4 is 5.97 Å². The minimum Gasteiger partial charge on any atom is -0.478 e. The first kappa shape index (κ1) is 12.2. The molecule has 0 heterocycles. The summed E-state index contributed by atoms with van der Waals surface area (Å²) in [6, 6.07) is 6.33. The van der Waals surface area contributed by atoms with Gasteiger partial charge in [0, 0.05) is 0 Å². The molecule has 0 spiro atoms. The molecule has 18 heavy (non-hydrogen) atoms. The fourth-order valence-corrected chi connectivity index (χ4v) is 1.62. The van der Waals surface area contributed by atoms with Crippen molar-refractivity contribution in [3.8, 4) is 11.1 Å². The fraction of sp³-hybridized carbons (Fsp3) is 0. The maximum Gasteiger partial charge on any atom is 0.336 e. The summed E-state index contributed by atoms with van der Waals surface area (Å²) in [5.41, 5.74) is -0.313. The first-order valence-corrected chi connectivity index (χ1v) is 4.97. The van der Waals surface area contributed by atoms with Crippen molar-refractivity contribution in [1.29, 1.82) is 0 Å². The third kappa shape index (κ3) is 2.20. The molecule has 0 aliphatic rings. The molecule has 0 saturated heterocycles. The van der Waals surface area contributed by atoms with Crippen LogP contribution in [0.4, 0.5) is 13.2 Å². The number of carboxylic acid groups (broad SMARTS) is 1. The smallest absolute Gasteiger partial charge is 0.336 e. The molecule has 1 N–H and O–H groups in total. The molecule has 0 bridgehead atoms. The largest absolute Gasteiger partial charge is 0.478 e. The number of carboxylic acids is 1. The van der Waals surface area contributed by atoms with Gasteiger partial charge in [0.05, 0.1) is 5.56 Å². The minimum atomic E-state index is -1.41. The van der Waals surface area contributed by atoms with Gasteiger partial charge < -0.3 is 5.11 Å². The monoisotopic (exact) mass is 252 g/mol. The molecule has 5 heteroatoms. The van der Waals surface area contributed by atoms with E-state index in [1.807, 2.05) is 0 Å². The fourth-order valence-electron chi connectivity index (χ4n) is 1.62. The SMILES string of the molecule is O=C(O)c1cc(F)c(F)cc1-c1cccc(F)c1. The molecule has 2 aromatic carbocycles. The highest BCUT2D eigenvalue weighted by Crippen LogP contribution is 2.26. The highest BCUT2D eigenvalue weighted by Gasteiger charge is 2.16. The third-order valence-corrected chi connectivity index (χ3v) is 2.43. The van der Waals surface area contributed by atoms with Crippen molar-refractivity contribution in [1.82, 2.24) is 0 Å². The Balaban J connectivity index is 2.69. The van der Waals surface area contributed by atoms with Crippen LogP contribution in [0, 0.1) is 17.5 Å². The zero-order valence-corrected chi connectivity index (χ0v) is 8.95. The Labute approximate surface area is 100 Å². The summed E-state index contributed by atoms with van der Waals surface area (Å²) in [6.45, 7) is 0. The standard InChI is InChI=1S/C13H7F3O2/c14-8-3-1-2-7(4-8)9-5-11(15)12(16)6-10(9)13(17)18/h1-6H,(H,17,18). The van der Waals surface area contributed by atoms with Gasteiger partial charge in [0.2, 0.25) is 0 Å². The van der Waals surface area contributed by atoms with E-state index < -0.39 is 29.0 Å². The predicted molar refractivity (Wildman–Crippen MR) is 58.7 cm³/mol. The van der Waals surface area contributed by atoms with Gasteiger partial charge in [-0.1, -0.05) is 12.1 Å². The summed E-state index contributed by atoms with van der Waals surface area (Å²) >= 11 is 0. The Morgan fingerprint density at radius 1 is 1.00 bits per heavy atom. The van der Waals surface area contributed by atoms with Gasteiger partial charge in [-0.25, -0.2) is 18.0 Å². The predicted octanol–water partition coefficient (Wildman–Crippen LogP) is 3.47. The van der Waals surface area contributed by atoms with Gasteiger partial charge in [-0.2, -0.15) is 0 Å². The van der Waals surface area contributed by atoms with Crippen molar-refractivity contribution < 1.29 is 23.1 Å². The maximum atomic E-state index is 13.1. The highest BCUT2D eigenvalue weighted by molar-refractivity contribution is 5.96. The van der Waals surface area contributed by atoms with Crippen molar-refractivity contribution in [2.45, 2.75) is 0 Å². The third-order valence-electron chi connectivity index (χ3n) is 2.43. The van der Waals surface area contributed by atoms with Crippen molar-refractivity contribution in [2.24, 2.45) is 0 Å². The summed E-state index contributed by atoms with van der Waals surface area (Å²) < 4.78 is 39.2. The van der Waals surface area contributed by atoms with E-state index in [0.29, 0.717) is 6.07 Å². The molecule has 2 rings (SSSR count). The van der Waals surface area contributed by atoms with E-state index in [0.717, 1.165) is 12.1 Å². The molecular formula is C13H7F3O2. The van der Waals surface area contributed by atoms with Gasteiger partial charge in [-0.05, 0) is 35.4 Å². The summed E-state index contributed by atoms with van der Waals surface area (Å²) in [7, 11) is 0. The molecule has 0 aromatic heterocycles.